The molecular weight excluding hydrogens is 1430 g/mol. The molecule has 7 aromatic carbocycles. The van der Waals surface area contributed by atoms with Crippen molar-refractivity contribution in [1.29, 1.82) is 0 Å². The second-order valence-corrected chi connectivity index (χ2v) is 41.3. The Bertz CT molecular complexity index is 3570. The van der Waals surface area contributed by atoms with E-state index in [9.17, 15) is 35.7 Å². The molecule has 634 valence electrons. The summed E-state index contributed by atoms with van der Waals surface area (Å²) in [6.45, 7) is 33.6. The van der Waals surface area contributed by atoms with E-state index in [4.69, 9.17) is 0 Å². The first-order valence-corrected chi connectivity index (χ1v) is 47.9. The van der Waals surface area contributed by atoms with Crippen LogP contribution >= 0.6 is 0 Å². The smallest absolute Gasteiger partial charge is 0.122 e. The fraction of sp³-hybridized carbons (Fsp3) is 0.618. The molecule has 117 heavy (non-hydrogen) atoms. The molecule has 0 radical (unpaired) electrons. The standard InChI is InChI=1S/6C16H22O.C14H20O/c6*1-10(12-6-7-12)14-4-3-5-15(16(14)17)11(2)13-8-9-13;1-9(2)12-5-4-6-13(14(12)15)10(3)11-7-8-11/h6*3-5,10-13,17H,6-9H2,1-2H3;4-6,9-11,15H,7-8H2,1-3H3/t2*10-,11?;10-,11+;2*10-,11-;;/m10.10../s1. The summed E-state index contributed by atoms with van der Waals surface area (Å²) < 4.78 is 0. The van der Waals surface area contributed by atoms with Crippen LogP contribution in [-0.2, 0) is 0 Å². The summed E-state index contributed by atoms with van der Waals surface area (Å²) in [6, 6.07) is 44.3. The van der Waals surface area contributed by atoms with Gasteiger partial charge in [0.1, 0.15) is 40.2 Å². The summed E-state index contributed by atoms with van der Waals surface area (Å²) in [7, 11) is 0. The zero-order chi connectivity index (χ0) is 82.9. The van der Waals surface area contributed by atoms with Crippen molar-refractivity contribution in [2.45, 2.75) is 354 Å². The number of para-hydroxylation sites is 7. The second kappa shape index (κ2) is 37.6. The first kappa shape index (κ1) is 86.5. The largest absolute Gasteiger partial charge is 0.507 e. The highest BCUT2D eigenvalue weighted by Gasteiger charge is 2.42. The lowest BCUT2D eigenvalue weighted by molar-refractivity contribution is 0.443. The molecule has 20 rings (SSSR count). The Balaban J connectivity index is 0.000000112. The number of hydrogen-bond acceptors (Lipinski definition) is 7. The van der Waals surface area contributed by atoms with E-state index in [-0.39, 0.29) is 0 Å². The van der Waals surface area contributed by atoms with Crippen molar-refractivity contribution in [2.75, 3.05) is 0 Å². The summed E-state index contributed by atoms with van der Waals surface area (Å²) in [4.78, 5) is 0. The van der Waals surface area contributed by atoms with Gasteiger partial charge >= 0.3 is 0 Å². The fourth-order valence-electron chi connectivity index (χ4n) is 20.4. The quantitative estimate of drug-likeness (QED) is 0.0272. The van der Waals surface area contributed by atoms with Crippen LogP contribution < -0.4 is 0 Å². The molecule has 0 saturated heterocycles. The van der Waals surface area contributed by atoms with Crippen molar-refractivity contribution in [2.24, 2.45) is 76.9 Å². The lowest BCUT2D eigenvalue weighted by Gasteiger charge is -2.18. The van der Waals surface area contributed by atoms with E-state index in [1.54, 1.807) is 0 Å². The second-order valence-electron chi connectivity index (χ2n) is 41.3. The van der Waals surface area contributed by atoms with Gasteiger partial charge in [-0.15, -0.1) is 0 Å². The van der Waals surface area contributed by atoms with E-state index in [2.05, 4.69) is 225 Å². The van der Waals surface area contributed by atoms with E-state index in [1.165, 1.54) is 234 Å². The molecule has 0 bridgehead atoms. The number of benzene rings is 7. The summed E-state index contributed by atoms with van der Waals surface area (Å²) in [5.41, 5.74) is 16.4. The molecule has 7 nitrogen and oxygen atoms in total. The lowest BCUT2D eigenvalue weighted by atomic mass is 9.88. The highest BCUT2D eigenvalue weighted by Crippen LogP contribution is 2.57. The minimum absolute atomic E-state index is 0.399. The van der Waals surface area contributed by atoms with Gasteiger partial charge in [-0.1, -0.05) is 231 Å². The minimum Gasteiger partial charge on any atom is -0.507 e. The molecule has 13 aliphatic carbocycles. The Labute approximate surface area is 707 Å². The van der Waals surface area contributed by atoms with Crippen molar-refractivity contribution in [3.8, 4) is 40.2 Å². The maximum Gasteiger partial charge on any atom is 0.122 e. The Morgan fingerprint density at radius 3 is 0.299 bits per heavy atom. The average molecular weight is 1590 g/mol. The van der Waals surface area contributed by atoms with Gasteiger partial charge in [0.05, 0.1) is 0 Å². The van der Waals surface area contributed by atoms with Crippen molar-refractivity contribution in [3.63, 3.8) is 0 Å². The average Bonchev–Trinajstić information content (AvgIpc) is 1.64. The van der Waals surface area contributed by atoms with E-state index >= 15 is 0 Å². The van der Waals surface area contributed by atoms with Gasteiger partial charge in [-0.3, -0.25) is 0 Å². The van der Waals surface area contributed by atoms with Gasteiger partial charge in [0, 0.05) is 0 Å². The number of phenols is 7. The molecule has 0 amide bonds. The van der Waals surface area contributed by atoms with Crippen molar-refractivity contribution in [3.05, 3.63) is 205 Å². The van der Waals surface area contributed by atoms with Crippen LogP contribution in [-0.4, -0.2) is 35.7 Å². The Hall–Kier alpha value is -6.86. The first-order chi connectivity index (χ1) is 56.2. The molecule has 13 fully saturated rings. The molecule has 13 aliphatic rings. The van der Waals surface area contributed by atoms with Gasteiger partial charge in [0.2, 0.25) is 0 Å². The van der Waals surface area contributed by atoms with Crippen LogP contribution in [0.25, 0.3) is 0 Å². The molecule has 0 aliphatic heterocycles. The van der Waals surface area contributed by atoms with Crippen LogP contribution in [0.5, 0.6) is 40.2 Å². The van der Waals surface area contributed by atoms with Crippen LogP contribution in [0.3, 0.4) is 0 Å². The first-order valence-electron chi connectivity index (χ1n) is 47.9. The van der Waals surface area contributed by atoms with Crippen LogP contribution in [0.1, 0.15) is 432 Å². The number of rotatable bonds is 27. The predicted molar refractivity (Wildman–Crippen MR) is 486 cm³/mol. The molecule has 13 saturated carbocycles. The van der Waals surface area contributed by atoms with Crippen LogP contribution in [0.4, 0.5) is 0 Å². The third-order valence-electron chi connectivity index (χ3n) is 32.0. The van der Waals surface area contributed by atoms with E-state index in [1.807, 2.05) is 6.07 Å². The monoisotopic (exact) mass is 1590 g/mol. The van der Waals surface area contributed by atoms with Gasteiger partial charge in [-0.25, -0.2) is 0 Å². The van der Waals surface area contributed by atoms with Gasteiger partial charge in [-0.2, -0.15) is 0 Å². The predicted octanol–water partition coefficient (Wildman–Crippen LogP) is 30.5. The van der Waals surface area contributed by atoms with Gasteiger partial charge in [0.25, 0.3) is 0 Å². The molecule has 13 atom stereocenters. The molecule has 0 spiro atoms. The Morgan fingerprint density at radius 1 is 0.145 bits per heavy atom. The Morgan fingerprint density at radius 2 is 0.222 bits per heavy atom. The molecular formula is C110H152O7. The zero-order valence-corrected chi connectivity index (χ0v) is 74.7. The van der Waals surface area contributed by atoms with E-state index in [0.29, 0.717) is 123 Å². The summed E-state index contributed by atoms with van der Waals surface area (Å²) >= 11 is 0. The van der Waals surface area contributed by atoms with Crippen LogP contribution in [0.15, 0.2) is 127 Å². The third kappa shape index (κ3) is 22.1. The van der Waals surface area contributed by atoms with Crippen LogP contribution in [0.2, 0.25) is 0 Å². The normalized spacial score (nSPS) is 22.7. The molecule has 5 unspecified atom stereocenters. The molecule has 0 heterocycles. The highest BCUT2D eigenvalue weighted by atomic mass is 16.3. The maximum atomic E-state index is 10.5. The van der Waals surface area contributed by atoms with Crippen LogP contribution in [0, 0.1) is 76.9 Å². The highest BCUT2D eigenvalue weighted by molar-refractivity contribution is 5.51. The minimum atomic E-state index is 0.399. The number of hydrogen-bond donors (Lipinski definition) is 7. The van der Waals surface area contributed by atoms with Crippen molar-refractivity contribution in [1.82, 2.24) is 0 Å². The fourth-order valence-corrected chi connectivity index (χ4v) is 20.4. The summed E-state index contributed by atoms with van der Waals surface area (Å²) in [6.07, 6.45) is 34.7. The van der Waals surface area contributed by atoms with Gasteiger partial charge < -0.3 is 35.7 Å². The maximum absolute atomic E-state index is 10.5. The summed E-state index contributed by atoms with van der Waals surface area (Å²) in [5, 5.41) is 73.1. The molecule has 7 aromatic rings. The van der Waals surface area contributed by atoms with Crippen molar-refractivity contribution < 1.29 is 35.7 Å². The van der Waals surface area contributed by atoms with Gasteiger partial charge in [-0.05, 0) is 405 Å². The molecule has 7 N–H and O–H groups in total. The number of phenolic OH excluding ortho intramolecular Hbond substituents is 7. The van der Waals surface area contributed by atoms with Gasteiger partial charge in [0.15, 0.2) is 0 Å². The topological polar surface area (TPSA) is 142 Å². The SMILES string of the molecule is CC(C)c1cccc(C(C)C2CC2)c1O.CC(c1cccc(C(C)C2CC2)c1O)C1CC1.CC(c1cccc([C@@H](C)C2CC2)c1O)C1CC1.CC(c1cccc([C@H](C)C2CC2)c1O)C1CC1.C[C@@H](c1cccc([C@H](C)C2CC2)c1O)C1CC1.C[C@H](c1cccc([C@@H](C)C2CC2)c1O)C1CC1.C[C@H](c1cccc([C@H](C)C2CC2)c1O)C1CC1. The third-order valence-corrected chi connectivity index (χ3v) is 32.0. The zero-order valence-electron chi connectivity index (χ0n) is 74.7. The summed E-state index contributed by atoms with van der Waals surface area (Å²) in [5.74, 6) is 21.9. The number of aromatic hydroxyl groups is 7. The lowest BCUT2D eigenvalue weighted by Crippen LogP contribution is -2.02. The molecule has 0 aromatic heterocycles. The van der Waals surface area contributed by atoms with E-state index < -0.39 is 0 Å². The van der Waals surface area contributed by atoms with Crippen molar-refractivity contribution >= 4 is 0 Å². The van der Waals surface area contributed by atoms with E-state index in [0.717, 1.165) is 88.1 Å². The Kier molecular flexibility index (Phi) is 27.8. The molecule has 7 heteroatoms.